The lowest BCUT2D eigenvalue weighted by Gasteiger charge is -2.15. The number of amides is 1. The first kappa shape index (κ1) is 16.0. The summed E-state index contributed by atoms with van der Waals surface area (Å²) in [6.45, 7) is 2.20. The maximum atomic E-state index is 12.0. The molecule has 0 aliphatic rings. The summed E-state index contributed by atoms with van der Waals surface area (Å²) in [6, 6.07) is 4.48. The second kappa shape index (κ2) is 7.49. The number of carbonyl (C=O) groups is 2. The topological polar surface area (TPSA) is 102 Å². The molecular weight excluding hydrogens is 260 g/mol. The Kier molecular flexibility index (Phi) is 5.99. The van der Waals surface area contributed by atoms with E-state index in [9.17, 15) is 9.59 Å². The molecule has 1 unspecified atom stereocenters. The molecule has 0 spiro atoms. The number of ether oxygens (including phenoxy) is 1. The van der Waals surface area contributed by atoms with Crippen molar-refractivity contribution in [2.24, 2.45) is 11.7 Å². The van der Waals surface area contributed by atoms with Crippen molar-refractivity contribution in [3.8, 4) is 5.75 Å². The van der Waals surface area contributed by atoms with Gasteiger partial charge in [0.2, 0.25) is 5.91 Å². The average molecular weight is 280 g/mol. The number of aromatic carboxylic acids is 1. The molecule has 1 rings (SSSR count). The molecule has 1 amide bonds. The van der Waals surface area contributed by atoms with E-state index in [0.717, 1.165) is 6.42 Å². The van der Waals surface area contributed by atoms with Gasteiger partial charge in [-0.25, -0.2) is 4.79 Å². The smallest absolute Gasteiger partial charge is 0.337 e. The van der Waals surface area contributed by atoms with Gasteiger partial charge in [0.1, 0.15) is 5.75 Å². The minimum absolute atomic E-state index is 0.00929. The fourth-order valence-corrected chi connectivity index (χ4v) is 1.88. The van der Waals surface area contributed by atoms with Gasteiger partial charge in [0.15, 0.2) is 0 Å². The van der Waals surface area contributed by atoms with Crippen LogP contribution in [0.2, 0.25) is 0 Å². The van der Waals surface area contributed by atoms with E-state index in [1.165, 1.54) is 19.2 Å². The van der Waals surface area contributed by atoms with E-state index in [-0.39, 0.29) is 29.6 Å². The molecule has 6 nitrogen and oxygen atoms in total. The Morgan fingerprint density at radius 2 is 2.15 bits per heavy atom. The van der Waals surface area contributed by atoms with Gasteiger partial charge in [0.05, 0.1) is 24.3 Å². The summed E-state index contributed by atoms with van der Waals surface area (Å²) < 4.78 is 4.98. The van der Waals surface area contributed by atoms with Crippen molar-refractivity contribution in [3.05, 3.63) is 23.8 Å². The predicted octanol–water partition coefficient (Wildman–Crippen LogP) is 1.71. The molecule has 0 fully saturated rings. The summed E-state index contributed by atoms with van der Waals surface area (Å²) in [7, 11) is 1.45. The number of hydrogen-bond acceptors (Lipinski definition) is 4. The molecule has 0 heterocycles. The zero-order valence-corrected chi connectivity index (χ0v) is 11.7. The maximum absolute atomic E-state index is 12.0. The predicted molar refractivity (Wildman–Crippen MR) is 76.0 cm³/mol. The number of benzene rings is 1. The highest BCUT2D eigenvalue weighted by atomic mass is 16.5. The molecular formula is C14H20N2O4. The SMILES string of the molecule is CCCC(CN)C(=O)Nc1ccc(OC)cc1C(=O)O. The number of rotatable bonds is 7. The molecule has 0 radical (unpaired) electrons. The fourth-order valence-electron chi connectivity index (χ4n) is 1.88. The van der Waals surface area contributed by atoms with Crippen LogP contribution in [0, 0.1) is 5.92 Å². The highest BCUT2D eigenvalue weighted by Crippen LogP contribution is 2.23. The Hall–Kier alpha value is -2.08. The van der Waals surface area contributed by atoms with Crippen LogP contribution >= 0.6 is 0 Å². The number of nitrogens with two attached hydrogens (primary N) is 1. The second-order valence-electron chi connectivity index (χ2n) is 4.43. The minimum atomic E-state index is -1.13. The van der Waals surface area contributed by atoms with E-state index in [0.29, 0.717) is 12.2 Å². The highest BCUT2D eigenvalue weighted by molar-refractivity contribution is 6.01. The van der Waals surface area contributed by atoms with Crippen molar-refractivity contribution < 1.29 is 19.4 Å². The van der Waals surface area contributed by atoms with Gasteiger partial charge in [-0.15, -0.1) is 0 Å². The first-order valence-corrected chi connectivity index (χ1v) is 6.45. The molecule has 20 heavy (non-hydrogen) atoms. The minimum Gasteiger partial charge on any atom is -0.497 e. The van der Waals surface area contributed by atoms with Gasteiger partial charge in [-0.3, -0.25) is 4.79 Å². The third kappa shape index (κ3) is 3.96. The van der Waals surface area contributed by atoms with Crippen molar-refractivity contribution in [1.29, 1.82) is 0 Å². The van der Waals surface area contributed by atoms with Crippen LogP contribution in [0.15, 0.2) is 18.2 Å². The summed E-state index contributed by atoms with van der Waals surface area (Å²) in [6.07, 6.45) is 1.50. The zero-order valence-electron chi connectivity index (χ0n) is 11.7. The lowest BCUT2D eigenvalue weighted by molar-refractivity contribution is -0.119. The van der Waals surface area contributed by atoms with E-state index in [2.05, 4.69) is 5.32 Å². The number of carbonyl (C=O) groups excluding carboxylic acids is 1. The number of anilines is 1. The Morgan fingerprint density at radius 3 is 2.65 bits per heavy atom. The molecule has 0 aliphatic heterocycles. The third-order valence-corrected chi connectivity index (χ3v) is 3.01. The first-order valence-electron chi connectivity index (χ1n) is 6.45. The second-order valence-corrected chi connectivity index (χ2v) is 4.43. The molecule has 0 aliphatic carbocycles. The van der Waals surface area contributed by atoms with Crippen LogP contribution in [-0.4, -0.2) is 30.6 Å². The number of nitrogens with one attached hydrogen (secondary N) is 1. The van der Waals surface area contributed by atoms with E-state index in [1.807, 2.05) is 6.92 Å². The third-order valence-electron chi connectivity index (χ3n) is 3.01. The van der Waals surface area contributed by atoms with Gasteiger partial charge >= 0.3 is 5.97 Å². The molecule has 1 atom stereocenters. The molecule has 1 aromatic rings. The number of carboxylic acids is 1. The van der Waals surface area contributed by atoms with Gasteiger partial charge < -0.3 is 20.9 Å². The standard InChI is InChI=1S/C14H20N2O4/c1-3-4-9(8-15)13(17)16-12-6-5-10(20-2)7-11(12)14(18)19/h5-7,9H,3-4,8,15H2,1-2H3,(H,16,17)(H,18,19). The molecule has 0 bridgehead atoms. The number of methoxy groups -OCH3 is 1. The summed E-state index contributed by atoms with van der Waals surface area (Å²) in [5.74, 6) is -1.28. The maximum Gasteiger partial charge on any atom is 0.337 e. The van der Waals surface area contributed by atoms with Crippen LogP contribution < -0.4 is 15.8 Å². The van der Waals surface area contributed by atoms with E-state index >= 15 is 0 Å². The van der Waals surface area contributed by atoms with Crippen molar-refractivity contribution >= 4 is 17.6 Å². The van der Waals surface area contributed by atoms with E-state index in [1.54, 1.807) is 6.07 Å². The van der Waals surface area contributed by atoms with Crippen LogP contribution in [0.4, 0.5) is 5.69 Å². The van der Waals surface area contributed by atoms with Gasteiger partial charge in [-0.05, 0) is 24.6 Å². The van der Waals surface area contributed by atoms with Crippen LogP contribution in [0.5, 0.6) is 5.75 Å². The zero-order chi connectivity index (χ0) is 15.1. The van der Waals surface area contributed by atoms with Gasteiger partial charge in [0, 0.05) is 6.54 Å². The Labute approximate surface area is 117 Å². The van der Waals surface area contributed by atoms with E-state index in [4.69, 9.17) is 15.6 Å². The Bertz CT molecular complexity index is 488. The van der Waals surface area contributed by atoms with E-state index < -0.39 is 5.97 Å². The largest absolute Gasteiger partial charge is 0.497 e. The summed E-state index contributed by atoms with van der Waals surface area (Å²) in [4.78, 5) is 23.3. The number of carboxylic acid groups (broad SMARTS) is 1. The summed E-state index contributed by atoms with van der Waals surface area (Å²) >= 11 is 0. The highest BCUT2D eigenvalue weighted by Gasteiger charge is 2.19. The average Bonchev–Trinajstić information content (AvgIpc) is 2.44. The van der Waals surface area contributed by atoms with Crippen molar-refractivity contribution in [2.75, 3.05) is 19.0 Å². The quantitative estimate of drug-likeness (QED) is 0.705. The molecule has 1 aromatic carbocycles. The van der Waals surface area contributed by atoms with Crippen LogP contribution in [0.1, 0.15) is 30.1 Å². The number of hydrogen-bond donors (Lipinski definition) is 3. The Balaban J connectivity index is 2.96. The van der Waals surface area contributed by atoms with Crippen LogP contribution in [0.25, 0.3) is 0 Å². The van der Waals surface area contributed by atoms with Crippen LogP contribution in [-0.2, 0) is 4.79 Å². The van der Waals surface area contributed by atoms with Crippen LogP contribution in [0.3, 0.4) is 0 Å². The lowest BCUT2D eigenvalue weighted by Crippen LogP contribution is -2.29. The van der Waals surface area contributed by atoms with Gasteiger partial charge in [-0.2, -0.15) is 0 Å². The Morgan fingerprint density at radius 1 is 1.45 bits per heavy atom. The summed E-state index contributed by atoms with van der Waals surface area (Å²) in [5, 5.41) is 11.8. The van der Waals surface area contributed by atoms with Crippen molar-refractivity contribution in [2.45, 2.75) is 19.8 Å². The van der Waals surface area contributed by atoms with Gasteiger partial charge in [0.25, 0.3) is 0 Å². The lowest BCUT2D eigenvalue weighted by atomic mass is 10.0. The molecule has 4 N–H and O–H groups in total. The monoisotopic (exact) mass is 280 g/mol. The molecule has 0 saturated heterocycles. The van der Waals surface area contributed by atoms with Crippen molar-refractivity contribution in [3.63, 3.8) is 0 Å². The molecule has 0 aromatic heterocycles. The molecule has 6 heteroatoms. The summed E-state index contributed by atoms with van der Waals surface area (Å²) in [5.41, 5.74) is 5.80. The molecule has 0 saturated carbocycles. The van der Waals surface area contributed by atoms with Crippen molar-refractivity contribution in [1.82, 2.24) is 0 Å². The normalized spacial score (nSPS) is 11.8. The molecule has 110 valence electrons. The fraction of sp³-hybridized carbons (Fsp3) is 0.429. The van der Waals surface area contributed by atoms with Gasteiger partial charge in [-0.1, -0.05) is 13.3 Å². The first-order chi connectivity index (χ1) is 9.53.